The summed E-state index contributed by atoms with van der Waals surface area (Å²) in [5, 5.41) is 7.21. The van der Waals surface area contributed by atoms with E-state index in [0.29, 0.717) is 22.0 Å². The predicted molar refractivity (Wildman–Crippen MR) is 115 cm³/mol. The van der Waals surface area contributed by atoms with E-state index >= 15 is 0 Å². The Morgan fingerprint density at radius 3 is 2.76 bits per heavy atom. The first kappa shape index (κ1) is 22.3. The van der Waals surface area contributed by atoms with E-state index in [1.807, 2.05) is 0 Å². The van der Waals surface area contributed by atoms with Crippen molar-refractivity contribution < 1.29 is 22.7 Å². The number of fused-ring (bicyclic) bond motifs is 1. The van der Waals surface area contributed by atoms with Crippen LogP contribution in [0.5, 0.6) is 5.88 Å². The van der Waals surface area contributed by atoms with Gasteiger partial charge in [0.25, 0.3) is 5.91 Å². The van der Waals surface area contributed by atoms with Gasteiger partial charge in [-0.25, -0.2) is 18.2 Å². The molecule has 10 heteroatoms. The smallest absolute Gasteiger partial charge is 0.275 e. The van der Waals surface area contributed by atoms with Crippen LogP contribution in [0, 0.1) is 11.6 Å². The van der Waals surface area contributed by atoms with Crippen molar-refractivity contribution in [3.63, 3.8) is 0 Å². The largest absolute Gasteiger partial charge is 0.478 e. The number of carbonyl (C=O) groups excluding carboxylic acids is 1. The standard InChI is InChI=1S/C23H20F3N5O2/c1-3-33-22-16(13-5-4-6-15(25)7-13)8-18(26)21(29-22)23(32)31(2)12-14-10-27-19(9-24)17-11-28-30-20(14)17/h4-8,10-11H,3,9,12H2,1-2H3,(H,28,30). The molecule has 3 aromatic heterocycles. The van der Waals surface area contributed by atoms with E-state index in [1.54, 1.807) is 13.0 Å². The zero-order valence-corrected chi connectivity index (χ0v) is 17.9. The first-order valence-corrected chi connectivity index (χ1v) is 10.1. The van der Waals surface area contributed by atoms with Crippen LogP contribution in [-0.4, -0.2) is 44.6 Å². The van der Waals surface area contributed by atoms with Gasteiger partial charge < -0.3 is 9.64 Å². The minimum atomic E-state index is -0.868. The molecule has 0 aliphatic heterocycles. The zero-order chi connectivity index (χ0) is 23.5. The third-order valence-electron chi connectivity index (χ3n) is 5.09. The number of hydrogen-bond donors (Lipinski definition) is 1. The van der Waals surface area contributed by atoms with Gasteiger partial charge in [-0.2, -0.15) is 5.10 Å². The first-order valence-electron chi connectivity index (χ1n) is 10.1. The Labute approximate surface area is 187 Å². The number of rotatable bonds is 7. The Balaban J connectivity index is 1.66. The highest BCUT2D eigenvalue weighted by Gasteiger charge is 2.23. The van der Waals surface area contributed by atoms with E-state index in [2.05, 4.69) is 20.2 Å². The summed E-state index contributed by atoms with van der Waals surface area (Å²) in [7, 11) is 1.48. The molecule has 1 aromatic carbocycles. The van der Waals surface area contributed by atoms with E-state index < -0.39 is 29.9 Å². The molecular weight excluding hydrogens is 435 g/mol. The molecule has 3 heterocycles. The molecule has 0 fully saturated rings. The molecule has 0 radical (unpaired) electrons. The minimum Gasteiger partial charge on any atom is -0.478 e. The molecule has 0 atom stereocenters. The zero-order valence-electron chi connectivity index (χ0n) is 17.9. The van der Waals surface area contributed by atoms with Crippen molar-refractivity contribution in [3.8, 4) is 17.0 Å². The van der Waals surface area contributed by atoms with Crippen molar-refractivity contribution in [2.24, 2.45) is 0 Å². The maximum absolute atomic E-state index is 15.0. The van der Waals surface area contributed by atoms with Crippen LogP contribution < -0.4 is 4.74 Å². The van der Waals surface area contributed by atoms with Gasteiger partial charge in [-0.05, 0) is 30.7 Å². The Morgan fingerprint density at radius 2 is 2.03 bits per heavy atom. The average molecular weight is 455 g/mol. The number of H-pyrrole nitrogens is 1. The molecule has 1 amide bonds. The lowest BCUT2D eigenvalue weighted by molar-refractivity contribution is 0.0773. The van der Waals surface area contributed by atoms with Crippen LogP contribution in [0.15, 0.2) is 42.7 Å². The summed E-state index contributed by atoms with van der Waals surface area (Å²) in [6, 6.07) is 6.70. The summed E-state index contributed by atoms with van der Waals surface area (Å²) in [4.78, 5) is 22.5. The second-order valence-corrected chi connectivity index (χ2v) is 7.30. The second-order valence-electron chi connectivity index (χ2n) is 7.30. The van der Waals surface area contributed by atoms with Gasteiger partial charge in [-0.15, -0.1) is 0 Å². The van der Waals surface area contributed by atoms with Gasteiger partial charge in [0.1, 0.15) is 12.5 Å². The molecule has 0 bridgehead atoms. The lowest BCUT2D eigenvalue weighted by Gasteiger charge is -2.19. The number of hydrogen-bond acceptors (Lipinski definition) is 5. The minimum absolute atomic E-state index is 0.0196. The van der Waals surface area contributed by atoms with Gasteiger partial charge in [0.2, 0.25) is 5.88 Å². The number of amides is 1. The van der Waals surface area contributed by atoms with Gasteiger partial charge in [-0.1, -0.05) is 12.1 Å². The molecule has 0 saturated heterocycles. The number of aromatic amines is 1. The second kappa shape index (κ2) is 9.27. The van der Waals surface area contributed by atoms with Crippen molar-refractivity contribution in [3.05, 3.63) is 71.3 Å². The molecule has 4 aromatic rings. The number of carbonyl (C=O) groups is 1. The van der Waals surface area contributed by atoms with Crippen LogP contribution in [0.2, 0.25) is 0 Å². The molecule has 0 saturated carbocycles. The summed E-state index contributed by atoms with van der Waals surface area (Å²) in [6.45, 7) is 1.23. The summed E-state index contributed by atoms with van der Waals surface area (Å²) in [6.07, 6.45) is 2.91. The summed E-state index contributed by atoms with van der Waals surface area (Å²) >= 11 is 0. The third kappa shape index (κ3) is 4.36. The number of nitrogens with zero attached hydrogens (tertiary/aromatic N) is 4. The van der Waals surface area contributed by atoms with Crippen LogP contribution in [0.4, 0.5) is 13.2 Å². The van der Waals surface area contributed by atoms with Crippen LogP contribution in [0.3, 0.4) is 0 Å². The number of halogens is 3. The van der Waals surface area contributed by atoms with Crippen LogP contribution in [0.1, 0.15) is 28.7 Å². The number of aromatic nitrogens is 4. The van der Waals surface area contributed by atoms with E-state index in [0.717, 1.165) is 6.07 Å². The Morgan fingerprint density at radius 1 is 1.21 bits per heavy atom. The van der Waals surface area contributed by atoms with Gasteiger partial charge in [0.15, 0.2) is 11.5 Å². The van der Waals surface area contributed by atoms with Gasteiger partial charge in [0, 0.05) is 36.3 Å². The lowest BCUT2D eigenvalue weighted by atomic mass is 10.1. The van der Waals surface area contributed by atoms with Crippen molar-refractivity contribution in [2.75, 3.05) is 13.7 Å². The van der Waals surface area contributed by atoms with Crippen molar-refractivity contribution >= 4 is 16.8 Å². The third-order valence-corrected chi connectivity index (χ3v) is 5.09. The molecule has 0 aliphatic rings. The SMILES string of the molecule is CCOc1nc(C(=O)N(C)Cc2cnc(CF)c3cn[nH]c23)c(F)cc1-c1cccc(F)c1. The maximum Gasteiger partial charge on any atom is 0.275 e. The number of pyridine rings is 2. The maximum atomic E-state index is 15.0. The van der Waals surface area contributed by atoms with Crippen LogP contribution >= 0.6 is 0 Å². The Hall–Kier alpha value is -3.95. The van der Waals surface area contributed by atoms with E-state index in [4.69, 9.17) is 4.74 Å². The quantitative estimate of drug-likeness (QED) is 0.446. The van der Waals surface area contributed by atoms with Gasteiger partial charge >= 0.3 is 0 Å². The number of alkyl halides is 1. The average Bonchev–Trinajstić information content (AvgIpc) is 3.30. The number of nitrogens with one attached hydrogen (secondary N) is 1. The molecular formula is C23H20F3N5O2. The van der Waals surface area contributed by atoms with E-state index in [-0.39, 0.29) is 30.3 Å². The van der Waals surface area contributed by atoms with Crippen LogP contribution in [0.25, 0.3) is 22.0 Å². The fourth-order valence-corrected chi connectivity index (χ4v) is 3.51. The first-order chi connectivity index (χ1) is 15.9. The van der Waals surface area contributed by atoms with Crippen LogP contribution in [-0.2, 0) is 13.2 Å². The van der Waals surface area contributed by atoms with E-state index in [9.17, 15) is 18.0 Å². The highest BCUT2D eigenvalue weighted by Crippen LogP contribution is 2.31. The summed E-state index contributed by atoms with van der Waals surface area (Å²) in [5.74, 6) is -2.03. The molecule has 4 rings (SSSR count). The molecule has 170 valence electrons. The van der Waals surface area contributed by atoms with Crippen molar-refractivity contribution in [1.29, 1.82) is 0 Å². The highest BCUT2D eigenvalue weighted by atomic mass is 19.1. The molecule has 7 nitrogen and oxygen atoms in total. The van der Waals surface area contributed by atoms with Crippen molar-refractivity contribution in [1.82, 2.24) is 25.1 Å². The molecule has 0 unspecified atom stereocenters. The fourth-order valence-electron chi connectivity index (χ4n) is 3.51. The topological polar surface area (TPSA) is 84.0 Å². The fraction of sp³-hybridized carbons (Fsp3) is 0.217. The predicted octanol–water partition coefficient (Wildman–Crippen LogP) is 4.44. The van der Waals surface area contributed by atoms with Crippen molar-refractivity contribution in [2.45, 2.75) is 20.1 Å². The Kier molecular flexibility index (Phi) is 6.25. The Bertz CT molecular complexity index is 1320. The monoisotopic (exact) mass is 455 g/mol. The number of ether oxygens (including phenoxy) is 1. The highest BCUT2D eigenvalue weighted by molar-refractivity contribution is 5.93. The molecule has 0 aliphatic carbocycles. The summed E-state index contributed by atoms with van der Waals surface area (Å²) in [5.41, 5.74) is 1.53. The van der Waals surface area contributed by atoms with Gasteiger partial charge in [-0.3, -0.25) is 14.9 Å². The molecule has 1 N–H and O–H groups in total. The van der Waals surface area contributed by atoms with Gasteiger partial charge in [0.05, 0.1) is 24.0 Å². The summed E-state index contributed by atoms with van der Waals surface area (Å²) < 4.78 is 47.3. The number of benzene rings is 1. The normalized spacial score (nSPS) is 11.1. The molecule has 0 spiro atoms. The van der Waals surface area contributed by atoms with E-state index in [1.165, 1.54) is 42.5 Å². The lowest BCUT2D eigenvalue weighted by Crippen LogP contribution is -2.28. The molecule has 33 heavy (non-hydrogen) atoms.